The van der Waals surface area contributed by atoms with Crippen LogP contribution < -0.4 is 9.80 Å². The molecule has 0 saturated carbocycles. The molecule has 582 valence electrons. The van der Waals surface area contributed by atoms with Crippen LogP contribution in [0.3, 0.4) is 0 Å². The highest BCUT2D eigenvalue weighted by molar-refractivity contribution is 6.34. The second-order valence-electron chi connectivity index (χ2n) is 24.3. The Kier molecular flexibility index (Phi) is 32.2. The third-order valence-electron chi connectivity index (χ3n) is 17.1. The van der Waals surface area contributed by atoms with Crippen molar-refractivity contribution in [1.29, 1.82) is 0 Å². The number of amides is 11. The quantitative estimate of drug-likeness (QED) is 0.0135. The number of nitrogens with zero attached hydrogens (tertiary/aromatic N) is 8. The lowest BCUT2D eigenvalue weighted by atomic mass is 9.81. The summed E-state index contributed by atoms with van der Waals surface area (Å²) in [6.45, 7) is -9.41. The molecule has 5 N–H and O–H groups in total. The zero-order chi connectivity index (χ0) is 78.4. The van der Waals surface area contributed by atoms with Crippen LogP contribution >= 0.6 is 0 Å². The summed E-state index contributed by atoms with van der Waals surface area (Å²) in [6.07, 6.45) is 5.63. The van der Waals surface area contributed by atoms with Crippen molar-refractivity contribution >= 4 is 113 Å². The number of fused-ring (bicyclic) bond motifs is 2. The molecule has 2 aromatic rings. The predicted molar refractivity (Wildman–Crippen MR) is 363 cm³/mol. The van der Waals surface area contributed by atoms with Gasteiger partial charge in [0.05, 0.1) is 46.8 Å². The van der Waals surface area contributed by atoms with Crippen molar-refractivity contribution in [1.82, 2.24) is 29.4 Å². The highest BCUT2D eigenvalue weighted by Crippen LogP contribution is 2.45. The van der Waals surface area contributed by atoms with E-state index in [0.29, 0.717) is 61.2 Å². The molecule has 4 heterocycles. The molecule has 2 aromatic carbocycles. The number of aromatic hydroxyl groups is 2. The summed E-state index contributed by atoms with van der Waals surface area (Å²) < 4.78 is 41.7. The van der Waals surface area contributed by atoms with Crippen molar-refractivity contribution in [3.63, 3.8) is 0 Å². The number of rotatable bonds is 44. The summed E-state index contributed by atoms with van der Waals surface area (Å²) in [7, 11) is 0. The van der Waals surface area contributed by atoms with Crippen LogP contribution in [0.25, 0.3) is 0 Å². The van der Waals surface area contributed by atoms with E-state index in [-0.39, 0.29) is 83.5 Å². The van der Waals surface area contributed by atoms with Gasteiger partial charge in [0, 0.05) is 134 Å². The molecule has 0 saturated heterocycles. The van der Waals surface area contributed by atoms with Crippen LogP contribution in [0.15, 0.2) is 72.9 Å². The maximum Gasteiger partial charge on any atom is 0.417 e. The molecule has 5 aliphatic rings. The normalized spacial score (nSPS) is 14.7. The van der Waals surface area contributed by atoms with Crippen LogP contribution in [0.2, 0.25) is 0 Å². The summed E-state index contributed by atoms with van der Waals surface area (Å²) in [5.74, 6) is -11.2. The van der Waals surface area contributed by atoms with Crippen LogP contribution in [-0.4, -0.2) is 268 Å². The highest BCUT2D eigenvalue weighted by atomic mass is 16.7. The maximum atomic E-state index is 15.3. The Morgan fingerprint density at radius 3 is 0.944 bits per heavy atom. The van der Waals surface area contributed by atoms with Gasteiger partial charge in [-0.15, -0.1) is 0 Å². The number of ether oxygens (including phenoxy) is 8. The van der Waals surface area contributed by atoms with Gasteiger partial charge in [-0.2, -0.15) is 0 Å². The fourth-order valence-electron chi connectivity index (χ4n) is 11.5. The SMILES string of the molecule is O=C(CCCCCN1C(=O)C=CC1=O)OCOC(=O)N(CCO)CCN(C(=O)OCOC(=O)CCCCCN1C(=O)C=CC1=O)c1ccc(N(CCN(CCO)C(=O)OCOC(=O)CCCCCN2C(=O)C=CC2O)C(=O)OCOC(=O)CCCCCN2C(=O)C=CC2=O)c2c1C(=O)c1c(O)ccc(O)c1C2=O. The van der Waals surface area contributed by atoms with Gasteiger partial charge in [-0.1, -0.05) is 25.7 Å². The van der Waals surface area contributed by atoms with Gasteiger partial charge in [0.2, 0.25) is 44.6 Å². The van der Waals surface area contributed by atoms with Crippen molar-refractivity contribution in [2.24, 2.45) is 0 Å². The fourth-order valence-corrected chi connectivity index (χ4v) is 11.5. The van der Waals surface area contributed by atoms with Crippen molar-refractivity contribution in [3.05, 3.63) is 95.1 Å². The van der Waals surface area contributed by atoms with E-state index in [2.05, 4.69) is 0 Å². The molecule has 0 fully saturated rings. The minimum Gasteiger partial charge on any atom is -0.507 e. The first-order chi connectivity index (χ1) is 51.8. The molecule has 0 bridgehead atoms. The van der Waals surface area contributed by atoms with E-state index in [1.54, 1.807) is 0 Å². The molecule has 38 nitrogen and oxygen atoms in total. The van der Waals surface area contributed by atoms with Crippen molar-refractivity contribution in [2.45, 2.75) is 109 Å². The molecule has 1 atom stereocenters. The maximum absolute atomic E-state index is 15.3. The lowest BCUT2D eigenvalue weighted by molar-refractivity contribution is -0.153. The smallest absolute Gasteiger partial charge is 0.417 e. The standard InChI is InChI=1S/C70H82N8O30/c79-39-37-71(67(97)105-41-101-57(91)13-5-1-9-29-75-49(83)21-22-50(75)84)33-35-73(69(99)107-43-103-59(93)15-7-3-11-31-77-53(87)25-26-54(77)88)45-17-18-46(62-61(45)65(95)63-47(81)19-20-48(82)64(63)66(62)96)74(70(100)108-44-104-60(94)16-8-4-12-32-78-55(89)27-28-56(78)90)36-34-72(38-40-80)68(98)106-42-102-58(92)14-6-2-10-30-76-51(85)23-24-52(76)86/h17-28,49,79-83H,1-16,29-44H2. The van der Waals surface area contributed by atoms with Crippen LogP contribution in [0, 0.1) is 0 Å². The molecule has 38 heteroatoms. The summed E-state index contributed by atoms with van der Waals surface area (Å²) in [5.41, 5.74) is -4.65. The zero-order valence-electron chi connectivity index (χ0n) is 58.7. The fraction of sp³-hybridized carbons (Fsp3) is 0.471. The number of aliphatic hydroxyl groups excluding tert-OH is 3. The number of carbonyl (C=O) groups excluding carboxylic acids is 17. The second kappa shape index (κ2) is 41.7. The van der Waals surface area contributed by atoms with E-state index in [0.717, 1.165) is 85.2 Å². The number of hydrogen-bond donors (Lipinski definition) is 5. The van der Waals surface area contributed by atoms with Gasteiger partial charge in [-0.05, 0) is 81.7 Å². The van der Waals surface area contributed by atoms with E-state index in [1.165, 1.54) is 17.1 Å². The Hall–Kier alpha value is -11.9. The molecule has 1 unspecified atom stereocenters. The van der Waals surface area contributed by atoms with Crippen LogP contribution in [0.1, 0.15) is 135 Å². The number of unbranched alkanes of at least 4 members (excludes halogenated alkanes) is 8. The van der Waals surface area contributed by atoms with Gasteiger partial charge in [0.15, 0.2) is 0 Å². The Morgan fingerprint density at radius 1 is 0.343 bits per heavy atom. The Bertz CT molecular complexity index is 3830. The first-order valence-corrected chi connectivity index (χ1v) is 34.5. The number of hydrogen-bond acceptors (Lipinski definition) is 30. The number of ketones is 2. The highest BCUT2D eigenvalue weighted by Gasteiger charge is 2.42. The molecule has 108 heavy (non-hydrogen) atoms. The first-order valence-electron chi connectivity index (χ1n) is 34.5. The van der Waals surface area contributed by atoms with Crippen molar-refractivity contribution in [3.8, 4) is 11.5 Å². The average Bonchev–Trinajstić information content (AvgIpc) is 0.856. The average molecular weight is 1520 g/mol. The number of phenolic OH excluding ortho intramolecular Hbond substituents is 2. The topological polar surface area (TPSA) is 491 Å². The number of aliphatic hydroxyl groups is 3. The molecule has 7 rings (SSSR count). The number of carbonyl (C=O) groups is 17. The summed E-state index contributed by atoms with van der Waals surface area (Å²) in [4.78, 5) is 229. The third kappa shape index (κ3) is 23.5. The number of benzene rings is 2. The number of anilines is 2. The summed E-state index contributed by atoms with van der Waals surface area (Å²) in [5, 5.41) is 52.8. The molecule has 0 radical (unpaired) electrons. The largest absolute Gasteiger partial charge is 0.507 e. The molecule has 1 aliphatic carbocycles. The molecule has 4 aliphatic heterocycles. The minimum atomic E-state index is -1.50. The van der Waals surface area contributed by atoms with Crippen LogP contribution in [0.5, 0.6) is 11.5 Å². The lowest BCUT2D eigenvalue weighted by Crippen LogP contribution is -2.45. The molecule has 0 spiro atoms. The monoisotopic (exact) mass is 1510 g/mol. The number of esters is 4. The number of phenols is 2. The van der Waals surface area contributed by atoms with Gasteiger partial charge in [-0.25, -0.2) is 19.2 Å². The third-order valence-corrected chi connectivity index (χ3v) is 17.1. The summed E-state index contributed by atoms with van der Waals surface area (Å²) >= 11 is 0. The van der Waals surface area contributed by atoms with Crippen molar-refractivity contribution in [2.75, 3.05) is 116 Å². The van der Waals surface area contributed by atoms with E-state index in [9.17, 15) is 97.5 Å². The second-order valence-corrected chi connectivity index (χ2v) is 24.3. The van der Waals surface area contributed by atoms with Crippen LogP contribution in [0.4, 0.5) is 30.6 Å². The minimum absolute atomic E-state index is 0.0658. The van der Waals surface area contributed by atoms with Gasteiger partial charge < -0.3 is 78.1 Å². The van der Waals surface area contributed by atoms with E-state index >= 15 is 9.59 Å². The number of imide groups is 3. The first kappa shape index (κ1) is 83.3. The Labute approximate surface area is 616 Å². The molecule has 0 aromatic heterocycles. The van der Waals surface area contributed by atoms with Gasteiger partial charge in [0.25, 0.3) is 35.4 Å². The predicted octanol–water partition coefficient (Wildman–Crippen LogP) is 2.36. The van der Waals surface area contributed by atoms with Gasteiger partial charge in [0.1, 0.15) is 17.7 Å². The Balaban J connectivity index is 1.14. The van der Waals surface area contributed by atoms with Gasteiger partial charge >= 0.3 is 48.3 Å². The van der Waals surface area contributed by atoms with E-state index in [1.807, 2.05) is 0 Å². The van der Waals surface area contributed by atoms with E-state index < -0.39 is 226 Å². The van der Waals surface area contributed by atoms with Crippen molar-refractivity contribution < 1.29 is 145 Å². The summed E-state index contributed by atoms with van der Waals surface area (Å²) in [6, 6.07) is 3.63. The van der Waals surface area contributed by atoms with Crippen LogP contribution in [-0.2, 0) is 90.6 Å². The van der Waals surface area contributed by atoms with Gasteiger partial charge in [-0.3, -0.25) is 86.8 Å². The molecular weight excluding hydrogens is 1430 g/mol. The lowest BCUT2D eigenvalue weighted by Gasteiger charge is -2.33. The Morgan fingerprint density at radius 2 is 0.648 bits per heavy atom. The molecular formula is C70H82N8O30. The molecule has 11 amide bonds. The zero-order valence-corrected chi connectivity index (χ0v) is 58.7. The van der Waals surface area contributed by atoms with E-state index in [4.69, 9.17) is 37.9 Å².